The monoisotopic (exact) mass is 334 g/mol. The van der Waals surface area contributed by atoms with Gasteiger partial charge in [0.25, 0.3) is 0 Å². The van der Waals surface area contributed by atoms with Crippen molar-refractivity contribution in [3.63, 3.8) is 0 Å². The molecule has 25 heavy (non-hydrogen) atoms. The highest BCUT2D eigenvalue weighted by atomic mass is 15.3. The zero-order chi connectivity index (χ0) is 17.1. The number of rotatable bonds is 3. The Bertz CT molecular complexity index is 981. The molecule has 5 heterocycles. The first-order valence-corrected chi connectivity index (χ1v) is 8.91. The summed E-state index contributed by atoms with van der Waals surface area (Å²) in [5.41, 5.74) is 7.15. The number of aryl methyl sites for hydroxylation is 1. The standard InChI is InChI=1S/C19H22N6/c1-4-24-13(3)14(9-21-24)11-23-15-5-6-17(23)16-10-20-19-7-12(2)22-25(19)18(16)8-15/h4,7,9-10,15,17H,1,5-6,8,11H2,2-3H3/t15-,17+/m1/s1. The molecule has 128 valence electrons. The van der Waals surface area contributed by atoms with E-state index in [0.29, 0.717) is 12.1 Å². The summed E-state index contributed by atoms with van der Waals surface area (Å²) in [6.45, 7) is 8.90. The maximum atomic E-state index is 4.67. The Morgan fingerprint density at radius 1 is 1.28 bits per heavy atom. The Morgan fingerprint density at radius 3 is 2.96 bits per heavy atom. The first-order valence-electron chi connectivity index (χ1n) is 8.91. The van der Waals surface area contributed by atoms with Gasteiger partial charge in [0.05, 0.1) is 17.6 Å². The van der Waals surface area contributed by atoms with E-state index in [0.717, 1.165) is 24.3 Å². The van der Waals surface area contributed by atoms with Crippen LogP contribution in [0, 0.1) is 13.8 Å². The van der Waals surface area contributed by atoms with Crippen LogP contribution < -0.4 is 0 Å². The number of hydrogen-bond acceptors (Lipinski definition) is 4. The fourth-order valence-corrected chi connectivity index (χ4v) is 4.54. The van der Waals surface area contributed by atoms with Gasteiger partial charge in [-0.15, -0.1) is 0 Å². The van der Waals surface area contributed by atoms with Crippen LogP contribution in [0.2, 0.25) is 0 Å². The van der Waals surface area contributed by atoms with Crippen molar-refractivity contribution in [2.45, 2.75) is 51.7 Å². The SMILES string of the molecule is C=Cn1ncc(CN2[C@@H]3CC[C@H]2c2cnc4cc(C)nn4c2C3)c1C. The van der Waals surface area contributed by atoms with Gasteiger partial charge in [-0.05, 0) is 26.7 Å². The van der Waals surface area contributed by atoms with Gasteiger partial charge in [0.15, 0.2) is 5.65 Å². The number of nitrogens with zero attached hydrogens (tertiary/aromatic N) is 6. The summed E-state index contributed by atoms with van der Waals surface area (Å²) in [4.78, 5) is 7.28. The molecular formula is C19H22N6. The minimum atomic E-state index is 0.432. The van der Waals surface area contributed by atoms with E-state index < -0.39 is 0 Å². The van der Waals surface area contributed by atoms with Gasteiger partial charge in [-0.3, -0.25) is 4.90 Å². The van der Waals surface area contributed by atoms with Crippen molar-refractivity contribution < 1.29 is 0 Å². The van der Waals surface area contributed by atoms with Crippen molar-refractivity contribution in [3.8, 4) is 0 Å². The van der Waals surface area contributed by atoms with E-state index in [1.165, 1.54) is 35.4 Å². The van der Waals surface area contributed by atoms with Crippen LogP contribution in [0.3, 0.4) is 0 Å². The molecular weight excluding hydrogens is 312 g/mol. The van der Waals surface area contributed by atoms with Gasteiger partial charge >= 0.3 is 0 Å². The molecule has 0 unspecified atom stereocenters. The van der Waals surface area contributed by atoms with E-state index >= 15 is 0 Å². The molecule has 1 fully saturated rings. The van der Waals surface area contributed by atoms with Crippen LogP contribution in [0.1, 0.15) is 47.1 Å². The molecule has 0 radical (unpaired) electrons. The molecule has 2 aliphatic rings. The van der Waals surface area contributed by atoms with Gasteiger partial charge in [-0.25, -0.2) is 14.2 Å². The average molecular weight is 334 g/mol. The summed E-state index contributed by atoms with van der Waals surface area (Å²) in [6, 6.07) is 3.06. The molecule has 0 spiro atoms. The highest BCUT2D eigenvalue weighted by Gasteiger charge is 2.41. The maximum Gasteiger partial charge on any atom is 0.155 e. The first kappa shape index (κ1) is 14.8. The quantitative estimate of drug-likeness (QED) is 0.739. The van der Waals surface area contributed by atoms with E-state index in [1.54, 1.807) is 6.20 Å². The molecule has 3 aromatic heterocycles. The Kier molecular flexibility index (Phi) is 3.12. The van der Waals surface area contributed by atoms with Crippen molar-refractivity contribution in [1.29, 1.82) is 0 Å². The third-order valence-corrected chi connectivity index (χ3v) is 5.84. The van der Waals surface area contributed by atoms with Crippen molar-refractivity contribution in [3.05, 3.63) is 53.2 Å². The smallest absolute Gasteiger partial charge is 0.155 e. The molecule has 0 aromatic carbocycles. The summed E-state index contributed by atoms with van der Waals surface area (Å²) in [6.07, 6.45) is 9.28. The molecule has 2 aliphatic heterocycles. The Hall–Kier alpha value is -2.47. The van der Waals surface area contributed by atoms with Crippen molar-refractivity contribution >= 4 is 11.8 Å². The summed E-state index contributed by atoms with van der Waals surface area (Å²) in [5.74, 6) is 0. The summed E-state index contributed by atoms with van der Waals surface area (Å²) in [7, 11) is 0. The molecule has 0 aliphatic carbocycles. The molecule has 3 aromatic rings. The fraction of sp³-hybridized carbons (Fsp3) is 0.421. The topological polar surface area (TPSA) is 51.2 Å². The average Bonchev–Trinajstić information content (AvgIpc) is 3.23. The minimum Gasteiger partial charge on any atom is -0.288 e. The highest BCUT2D eigenvalue weighted by molar-refractivity contribution is 5.44. The third kappa shape index (κ3) is 2.10. The largest absolute Gasteiger partial charge is 0.288 e. The molecule has 1 saturated heterocycles. The summed E-state index contributed by atoms with van der Waals surface area (Å²) >= 11 is 0. The summed E-state index contributed by atoms with van der Waals surface area (Å²) in [5, 5.41) is 9.08. The van der Waals surface area contributed by atoms with E-state index in [1.807, 2.05) is 17.8 Å². The van der Waals surface area contributed by atoms with Crippen LogP contribution in [-0.2, 0) is 13.0 Å². The predicted molar refractivity (Wildman–Crippen MR) is 96.1 cm³/mol. The number of hydrogen-bond donors (Lipinski definition) is 0. The normalized spacial score (nSPS) is 22.5. The second-order valence-electron chi connectivity index (χ2n) is 7.22. The van der Waals surface area contributed by atoms with E-state index in [4.69, 9.17) is 0 Å². The van der Waals surface area contributed by atoms with Crippen LogP contribution in [0.25, 0.3) is 11.8 Å². The zero-order valence-corrected chi connectivity index (χ0v) is 14.7. The van der Waals surface area contributed by atoms with Gasteiger partial charge in [-0.1, -0.05) is 6.58 Å². The Balaban J connectivity index is 1.54. The van der Waals surface area contributed by atoms with Gasteiger partial charge in [-0.2, -0.15) is 10.2 Å². The zero-order valence-electron chi connectivity index (χ0n) is 14.7. The predicted octanol–water partition coefficient (Wildman–Crippen LogP) is 2.90. The fourth-order valence-electron chi connectivity index (χ4n) is 4.54. The third-order valence-electron chi connectivity index (χ3n) is 5.84. The van der Waals surface area contributed by atoms with Crippen molar-refractivity contribution in [2.75, 3.05) is 0 Å². The number of aromatic nitrogens is 5. The van der Waals surface area contributed by atoms with Gasteiger partial charge in [0.1, 0.15) is 0 Å². The van der Waals surface area contributed by atoms with E-state index in [2.05, 4.69) is 50.4 Å². The molecule has 0 N–H and O–H groups in total. The molecule has 6 heteroatoms. The molecule has 0 amide bonds. The lowest BCUT2D eigenvalue weighted by molar-refractivity contribution is 0.165. The minimum absolute atomic E-state index is 0.432. The van der Waals surface area contributed by atoms with Crippen LogP contribution in [0.4, 0.5) is 0 Å². The Morgan fingerprint density at radius 2 is 2.16 bits per heavy atom. The molecule has 5 rings (SSSR count). The van der Waals surface area contributed by atoms with Crippen LogP contribution in [-0.4, -0.2) is 35.3 Å². The maximum absolute atomic E-state index is 4.67. The number of fused-ring (bicyclic) bond motifs is 6. The molecule has 2 atom stereocenters. The van der Waals surface area contributed by atoms with Crippen LogP contribution in [0.15, 0.2) is 25.0 Å². The lowest BCUT2D eigenvalue weighted by atomic mass is 9.98. The Labute approximate surface area is 146 Å². The van der Waals surface area contributed by atoms with Gasteiger partial charge < -0.3 is 0 Å². The van der Waals surface area contributed by atoms with Gasteiger partial charge in [0.2, 0.25) is 0 Å². The summed E-state index contributed by atoms with van der Waals surface area (Å²) < 4.78 is 3.92. The molecule has 6 nitrogen and oxygen atoms in total. The highest BCUT2D eigenvalue weighted by Crippen LogP contribution is 2.44. The lowest BCUT2D eigenvalue weighted by Crippen LogP contribution is -2.38. The van der Waals surface area contributed by atoms with Crippen molar-refractivity contribution in [1.82, 2.24) is 29.3 Å². The van der Waals surface area contributed by atoms with Crippen molar-refractivity contribution in [2.24, 2.45) is 0 Å². The second-order valence-corrected chi connectivity index (χ2v) is 7.22. The molecule has 0 saturated carbocycles. The lowest BCUT2D eigenvalue weighted by Gasteiger charge is -2.36. The first-order chi connectivity index (χ1) is 12.2. The van der Waals surface area contributed by atoms with Crippen LogP contribution >= 0.6 is 0 Å². The van der Waals surface area contributed by atoms with E-state index in [9.17, 15) is 0 Å². The van der Waals surface area contributed by atoms with Crippen LogP contribution in [0.5, 0.6) is 0 Å². The van der Waals surface area contributed by atoms with Gasteiger partial charge in [0, 0.05) is 60.3 Å². The molecule has 2 bridgehead atoms. The van der Waals surface area contributed by atoms with E-state index in [-0.39, 0.29) is 0 Å². The second kappa shape index (κ2) is 5.26.